The van der Waals surface area contributed by atoms with Crippen LogP contribution in [0.15, 0.2) is 54.9 Å². The molecule has 7 nitrogen and oxygen atoms in total. The fourth-order valence-electron chi connectivity index (χ4n) is 2.43. The number of unbranched alkanes of at least 4 members (excludes halogenated alkanes) is 1. The van der Waals surface area contributed by atoms with Gasteiger partial charge < -0.3 is 10.6 Å². The summed E-state index contributed by atoms with van der Waals surface area (Å²) >= 11 is 7.85. The largest absolute Gasteiger partial charge is 0.367 e. The van der Waals surface area contributed by atoms with E-state index in [0.717, 1.165) is 42.7 Å². The van der Waals surface area contributed by atoms with Crippen molar-refractivity contribution in [2.75, 3.05) is 18.8 Å². The van der Waals surface area contributed by atoms with E-state index in [1.165, 1.54) is 5.56 Å². The van der Waals surface area contributed by atoms with Crippen LogP contribution < -0.4 is 10.6 Å². The van der Waals surface area contributed by atoms with Gasteiger partial charge in [0.1, 0.15) is 0 Å². The smallest absolute Gasteiger partial charge is 0.274 e. The number of aryl methyl sites for hydroxylation is 1. The van der Waals surface area contributed by atoms with E-state index < -0.39 is 4.92 Å². The summed E-state index contributed by atoms with van der Waals surface area (Å²) in [6.45, 7) is 1.28. The van der Waals surface area contributed by atoms with Gasteiger partial charge in [-0.25, -0.2) is 0 Å². The van der Waals surface area contributed by atoms with Gasteiger partial charge in [-0.05, 0) is 49.1 Å². The fourth-order valence-corrected chi connectivity index (χ4v) is 3.46. The molecule has 0 radical (unpaired) electrons. The molecule has 0 atom stereocenters. The number of pyridine rings is 2. The molecule has 2 heterocycles. The van der Waals surface area contributed by atoms with Crippen LogP contribution >= 0.6 is 23.4 Å². The van der Waals surface area contributed by atoms with Gasteiger partial charge in [-0.2, -0.15) is 11.8 Å². The SMILES string of the molecule is O=[N+]([O-])C=C(NCCCCc1ncccc1Cl)NCCSCc1ccncc1. The van der Waals surface area contributed by atoms with E-state index >= 15 is 0 Å². The van der Waals surface area contributed by atoms with Crippen molar-refractivity contribution < 1.29 is 4.92 Å². The molecule has 150 valence electrons. The van der Waals surface area contributed by atoms with Crippen LogP contribution in [0, 0.1) is 10.1 Å². The van der Waals surface area contributed by atoms with Gasteiger partial charge in [0.25, 0.3) is 6.20 Å². The van der Waals surface area contributed by atoms with E-state index in [4.69, 9.17) is 11.6 Å². The maximum Gasteiger partial charge on any atom is 0.274 e. The number of nitrogens with one attached hydrogen (secondary N) is 2. The second-order valence-electron chi connectivity index (χ2n) is 5.98. The van der Waals surface area contributed by atoms with E-state index in [9.17, 15) is 10.1 Å². The molecule has 0 amide bonds. The van der Waals surface area contributed by atoms with Crippen molar-refractivity contribution in [3.05, 3.63) is 81.3 Å². The predicted octanol–water partition coefficient (Wildman–Crippen LogP) is 3.64. The summed E-state index contributed by atoms with van der Waals surface area (Å²) in [5.41, 5.74) is 2.10. The molecule has 0 bridgehead atoms. The third-order valence-corrected chi connectivity index (χ3v) is 5.18. The van der Waals surface area contributed by atoms with Crippen molar-refractivity contribution >= 4 is 23.4 Å². The lowest BCUT2D eigenvalue weighted by atomic mass is 10.2. The molecule has 0 aliphatic heterocycles. The minimum Gasteiger partial charge on any atom is -0.367 e. The number of rotatable bonds is 13. The van der Waals surface area contributed by atoms with Crippen molar-refractivity contribution in [2.45, 2.75) is 25.0 Å². The molecule has 0 saturated carbocycles. The van der Waals surface area contributed by atoms with Gasteiger partial charge in [0.2, 0.25) is 0 Å². The third kappa shape index (κ3) is 9.05. The Balaban J connectivity index is 1.63. The highest BCUT2D eigenvalue weighted by molar-refractivity contribution is 7.98. The van der Waals surface area contributed by atoms with Crippen LogP contribution in [-0.2, 0) is 12.2 Å². The second-order valence-corrected chi connectivity index (χ2v) is 7.49. The number of halogens is 1. The Bertz CT molecular complexity index is 761. The van der Waals surface area contributed by atoms with Crippen molar-refractivity contribution in [1.29, 1.82) is 0 Å². The van der Waals surface area contributed by atoms with Crippen LogP contribution in [0.3, 0.4) is 0 Å². The first-order valence-electron chi connectivity index (χ1n) is 9.04. The molecule has 2 rings (SSSR count). The summed E-state index contributed by atoms with van der Waals surface area (Å²) in [6, 6.07) is 7.61. The highest BCUT2D eigenvalue weighted by Gasteiger charge is 2.04. The standard InChI is InChI=1S/C19H24ClN5O2S/c20-17-4-3-9-22-18(17)5-1-2-8-23-19(14-25(26)27)24-12-13-28-15-16-6-10-21-11-7-16/h3-4,6-7,9-11,14,23-24H,1-2,5,8,12-13,15H2. The Kier molecular flexibility index (Phi) is 10.2. The summed E-state index contributed by atoms with van der Waals surface area (Å²) in [4.78, 5) is 18.6. The van der Waals surface area contributed by atoms with Crippen LogP contribution in [0.25, 0.3) is 0 Å². The molecule has 0 spiro atoms. The first-order chi connectivity index (χ1) is 13.6. The van der Waals surface area contributed by atoms with Crippen LogP contribution in [0.4, 0.5) is 0 Å². The van der Waals surface area contributed by atoms with E-state index in [-0.39, 0.29) is 0 Å². The molecule has 2 aromatic rings. The van der Waals surface area contributed by atoms with Crippen LogP contribution in [-0.4, -0.2) is 33.7 Å². The Morgan fingerprint density at radius 1 is 1.18 bits per heavy atom. The summed E-state index contributed by atoms with van der Waals surface area (Å²) in [5, 5.41) is 17.7. The number of hydrogen-bond acceptors (Lipinski definition) is 7. The van der Waals surface area contributed by atoms with Gasteiger partial charge in [-0.15, -0.1) is 0 Å². The van der Waals surface area contributed by atoms with Crippen molar-refractivity contribution in [3.8, 4) is 0 Å². The lowest BCUT2D eigenvalue weighted by Crippen LogP contribution is -2.29. The predicted molar refractivity (Wildman–Crippen MR) is 114 cm³/mol. The van der Waals surface area contributed by atoms with E-state index in [1.807, 2.05) is 24.3 Å². The fraction of sp³-hybridized carbons (Fsp3) is 0.368. The molecular formula is C19H24ClN5O2S. The normalized spacial score (nSPS) is 11.2. The topological polar surface area (TPSA) is 93.0 Å². The zero-order chi connectivity index (χ0) is 20.0. The van der Waals surface area contributed by atoms with E-state index in [1.54, 1.807) is 30.4 Å². The summed E-state index contributed by atoms with van der Waals surface area (Å²) < 4.78 is 0. The molecule has 0 fully saturated rings. The van der Waals surface area contributed by atoms with Gasteiger partial charge in [-0.3, -0.25) is 20.1 Å². The van der Waals surface area contributed by atoms with Gasteiger partial charge in [0.15, 0.2) is 5.82 Å². The van der Waals surface area contributed by atoms with Crippen molar-refractivity contribution in [1.82, 2.24) is 20.6 Å². The van der Waals surface area contributed by atoms with Gasteiger partial charge in [0, 0.05) is 43.2 Å². The summed E-state index contributed by atoms with van der Waals surface area (Å²) in [6.07, 6.45) is 8.80. The summed E-state index contributed by atoms with van der Waals surface area (Å²) in [7, 11) is 0. The molecule has 2 N–H and O–H groups in total. The molecule has 0 aliphatic carbocycles. The Morgan fingerprint density at radius 2 is 1.96 bits per heavy atom. The van der Waals surface area contributed by atoms with Crippen LogP contribution in [0.1, 0.15) is 24.1 Å². The van der Waals surface area contributed by atoms with Gasteiger partial charge in [-0.1, -0.05) is 11.6 Å². The highest BCUT2D eigenvalue weighted by Crippen LogP contribution is 2.14. The molecular weight excluding hydrogens is 398 g/mol. The number of nitrogens with zero attached hydrogens (tertiary/aromatic N) is 3. The Hall–Kier alpha value is -2.32. The van der Waals surface area contributed by atoms with Crippen molar-refractivity contribution in [2.24, 2.45) is 0 Å². The molecule has 0 unspecified atom stereocenters. The van der Waals surface area contributed by atoms with Gasteiger partial charge in [0.05, 0.1) is 15.6 Å². The minimum absolute atomic E-state index is 0.436. The second kappa shape index (κ2) is 13.0. The molecule has 0 aromatic carbocycles. The maximum atomic E-state index is 10.8. The number of nitro groups is 1. The zero-order valence-electron chi connectivity index (χ0n) is 15.5. The molecule has 2 aromatic heterocycles. The highest BCUT2D eigenvalue weighted by atomic mass is 35.5. The Morgan fingerprint density at radius 3 is 2.71 bits per heavy atom. The summed E-state index contributed by atoms with van der Waals surface area (Å²) in [5.74, 6) is 2.17. The van der Waals surface area contributed by atoms with E-state index in [0.29, 0.717) is 23.9 Å². The minimum atomic E-state index is -0.451. The average Bonchev–Trinajstić information content (AvgIpc) is 2.69. The molecule has 0 saturated heterocycles. The first kappa shape index (κ1) is 22.0. The monoisotopic (exact) mass is 421 g/mol. The first-order valence-corrected chi connectivity index (χ1v) is 10.6. The lowest BCUT2D eigenvalue weighted by Gasteiger charge is -2.11. The number of aromatic nitrogens is 2. The number of thioether (sulfide) groups is 1. The molecule has 0 aliphatic rings. The van der Waals surface area contributed by atoms with E-state index in [2.05, 4.69) is 20.6 Å². The van der Waals surface area contributed by atoms with Crippen LogP contribution in [0.5, 0.6) is 0 Å². The lowest BCUT2D eigenvalue weighted by molar-refractivity contribution is -0.404. The zero-order valence-corrected chi connectivity index (χ0v) is 17.1. The quantitative estimate of drug-likeness (QED) is 0.289. The Labute approximate surface area is 174 Å². The van der Waals surface area contributed by atoms with Gasteiger partial charge >= 0.3 is 0 Å². The van der Waals surface area contributed by atoms with Crippen LogP contribution in [0.2, 0.25) is 5.02 Å². The number of hydrogen-bond donors (Lipinski definition) is 2. The maximum absolute atomic E-state index is 10.8. The third-order valence-electron chi connectivity index (χ3n) is 3.80. The average molecular weight is 422 g/mol. The molecule has 9 heteroatoms. The molecule has 28 heavy (non-hydrogen) atoms. The van der Waals surface area contributed by atoms with Crippen molar-refractivity contribution in [3.63, 3.8) is 0 Å².